The van der Waals surface area contributed by atoms with Gasteiger partial charge in [0.25, 0.3) is 0 Å². The van der Waals surface area contributed by atoms with Gasteiger partial charge in [0.2, 0.25) is 0 Å². The minimum absolute atomic E-state index is 0.104. The number of rotatable bonds is 6. The lowest BCUT2D eigenvalue weighted by Gasteiger charge is -2.40. The van der Waals surface area contributed by atoms with E-state index in [1.165, 1.54) is 24.4 Å². The van der Waals surface area contributed by atoms with Gasteiger partial charge < -0.3 is 20.1 Å². The second-order valence-corrected chi connectivity index (χ2v) is 11.5. The molecule has 0 atom stereocenters. The van der Waals surface area contributed by atoms with Gasteiger partial charge in [0.05, 0.1) is 29.4 Å². The van der Waals surface area contributed by atoms with Crippen molar-refractivity contribution in [3.8, 4) is 0 Å². The number of fused-ring (bicyclic) bond motifs is 1. The number of nitrogens with zero attached hydrogens (tertiary/aromatic N) is 6. The summed E-state index contributed by atoms with van der Waals surface area (Å²) in [5.74, 6) is 1.75. The molecule has 0 radical (unpaired) electrons. The number of likely N-dealkylation sites (tertiary alicyclic amines) is 1. The lowest BCUT2D eigenvalue weighted by Crippen LogP contribution is -2.45. The van der Waals surface area contributed by atoms with Gasteiger partial charge in [0.1, 0.15) is 16.5 Å². The zero-order valence-corrected chi connectivity index (χ0v) is 21.9. The quantitative estimate of drug-likeness (QED) is 0.517. The van der Waals surface area contributed by atoms with Crippen LogP contribution in [0.5, 0.6) is 0 Å². The normalized spacial score (nSPS) is 24.9. The van der Waals surface area contributed by atoms with E-state index < -0.39 is 0 Å². The minimum Gasteiger partial charge on any atom is -0.393 e. The van der Waals surface area contributed by atoms with Crippen molar-refractivity contribution in [2.24, 2.45) is 0 Å². The molecule has 0 amide bonds. The zero-order valence-electron chi connectivity index (χ0n) is 21.1. The summed E-state index contributed by atoms with van der Waals surface area (Å²) >= 11 is 1.46. The summed E-state index contributed by atoms with van der Waals surface area (Å²) in [5, 5.41) is 19.3. The maximum Gasteiger partial charge on any atom is 0.149 e. The maximum atomic E-state index is 9.84. The first-order valence-corrected chi connectivity index (χ1v) is 14.3. The number of anilines is 1. The molecule has 2 N–H and O–H groups in total. The Morgan fingerprint density at radius 2 is 1.81 bits per heavy atom. The maximum absolute atomic E-state index is 9.84. The number of ether oxygens (including phenoxy) is 1. The minimum atomic E-state index is -0.104. The average Bonchev–Trinajstić information content (AvgIpc) is 3.52. The number of aliphatic hydroxyl groups is 1. The van der Waals surface area contributed by atoms with E-state index in [1.807, 2.05) is 13.1 Å². The molecule has 3 aliphatic rings. The summed E-state index contributed by atoms with van der Waals surface area (Å²) in [4.78, 5) is 13.4. The standard InChI is InChI=1S/C26H37N7O2S/c1-17-24-25(28-19-2-4-20(5-3-19)32-10-6-22(34)7-11-32)29-23(30-26(24)36-31-17)14-18-15-27-33(16-18)21-8-12-35-13-9-21/h15-16,19-22,34H,2-14H2,1H3,(H,28,29,30). The fourth-order valence-corrected chi connectivity index (χ4v) is 6.84. The van der Waals surface area contributed by atoms with Crippen LogP contribution in [0.25, 0.3) is 10.2 Å². The summed E-state index contributed by atoms with van der Waals surface area (Å²) in [6.07, 6.45) is 13.2. The Kier molecular flexibility index (Phi) is 7.19. The van der Waals surface area contributed by atoms with Crippen LogP contribution in [0.4, 0.5) is 5.82 Å². The van der Waals surface area contributed by atoms with Crippen LogP contribution < -0.4 is 5.32 Å². The van der Waals surface area contributed by atoms with Crippen molar-refractivity contribution in [1.29, 1.82) is 0 Å². The summed E-state index contributed by atoms with van der Waals surface area (Å²) in [6, 6.07) is 1.48. The molecule has 2 saturated heterocycles. The summed E-state index contributed by atoms with van der Waals surface area (Å²) in [7, 11) is 0. The van der Waals surface area contributed by atoms with Crippen LogP contribution in [0.2, 0.25) is 0 Å². The third kappa shape index (κ3) is 5.27. The third-order valence-electron chi connectivity index (χ3n) is 8.19. The largest absolute Gasteiger partial charge is 0.393 e. The molecular weight excluding hydrogens is 474 g/mol. The van der Waals surface area contributed by atoms with Gasteiger partial charge >= 0.3 is 0 Å². The number of aryl methyl sites for hydroxylation is 1. The molecule has 3 aromatic heterocycles. The monoisotopic (exact) mass is 511 g/mol. The molecule has 5 heterocycles. The molecule has 9 nitrogen and oxygen atoms in total. The first-order chi connectivity index (χ1) is 17.6. The zero-order chi connectivity index (χ0) is 24.5. The van der Waals surface area contributed by atoms with Gasteiger partial charge in [-0.25, -0.2) is 9.97 Å². The molecule has 0 unspecified atom stereocenters. The predicted molar refractivity (Wildman–Crippen MR) is 141 cm³/mol. The van der Waals surface area contributed by atoms with Crippen molar-refractivity contribution in [2.75, 3.05) is 31.6 Å². The number of hydrogen-bond acceptors (Lipinski definition) is 9. The van der Waals surface area contributed by atoms with Crippen LogP contribution in [0.1, 0.15) is 74.5 Å². The van der Waals surface area contributed by atoms with Gasteiger partial charge in [0.15, 0.2) is 0 Å². The highest BCUT2D eigenvalue weighted by atomic mass is 32.1. The van der Waals surface area contributed by atoms with Crippen molar-refractivity contribution in [2.45, 2.75) is 88.9 Å². The second-order valence-electron chi connectivity index (χ2n) is 10.7. The molecule has 6 rings (SSSR count). The lowest BCUT2D eigenvalue weighted by molar-refractivity contribution is 0.0495. The summed E-state index contributed by atoms with van der Waals surface area (Å²) in [6.45, 7) is 5.73. The molecule has 2 aliphatic heterocycles. The number of piperidine rings is 1. The first kappa shape index (κ1) is 24.2. The van der Waals surface area contributed by atoms with Gasteiger partial charge in [-0.3, -0.25) is 4.68 Å². The molecule has 3 aromatic rings. The Balaban J connectivity index is 1.14. The van der Waals surface area contributed by atoms with Crippen LogP contribution in [-0.4, -0.2) is 78.6 Å². The first-order valence-electron chi connectivity index (χ1n) is 13.5. The van der Waals surface area contributed by atoms with Gasteiger partial charge in [-0.05, 0) is 75.4 Å². The molecule has 0 spiro atoms. The van der Waals surface area contributed by atoms with Gasteiger partial charge in [-0.1, -0.05) is 0 Å². The highest BCUT2D eigenvalue weighted by Crippen LogP contribution is 2.32. The fraction of sp³-hybridized carbons (Fsp3) is 0.692. The van der Waals surface area contributed by atoms with E-state index in [0.29, 0.717) is 24.5 Å². The summed E-state index contributed by atoms with van der Waals surface area (Å²) < 4.78 is 12.2. The van der Waals surface area contributed by atoms with Gasteiger partial charge in [-0.2, -0.15) is 9.47 Å². The smallest absolute Gasteiger partial charge is 0.149 e. The Morgan fingerprint density at radius 3 is 2.58 bits per heavy atom. The molecule has 0 bridgehead atoms. The Bertz CT molecular complexity index is 1160. The van der Waals surface area contributed by atoms with Crippen LogP contribution >= 0.6 is 11.5 Å². The van der Waals surface area contributed by atoms with Crippen LogP contribution in [0, 0.1) is 6.92 Å². The molecule has 1 aliphatic carbocycles. The van der Waals surface area contributed by atoms with E-state index in [0.717, 1.165) is 97.9 Å². The average molecular weight is 512 g/mol. The molecular formula is C26H37N7O2S. The van der Waals surface area contributed by atoms with Crippen molar-refractivity contribution in [1.82, 2.24) is 29.0 Å². The summed E-state index contributed by atoms with van der Waals surface area (Å²) in [5.41, 5.74) is 2.14. The lowest BCUT2D eigenvalue weighted by atomic mass is 9.89. The SMILES string of the molecule is Cc1nsc2nc(Cc3cnn(C4CCOCC4)c3)nc(NC3CCC(N4CCC(O)CC4)CC3)c12. The number of nitrogens with one attached hydrogen (secondary N) is 1. The van der Waals surface area contributed by atoms with E-state index in [2.05, 4.69) is 30.6 Å². The van der Waals surface area contributed by atoms with Crippen LogP contribution in [0.3, 0.4) is 0 Å². The molecule has 10 heteroatoms. The second kappa shape index (κ2) is 10.7. The fourth-order valence-electron chi connectivity index (χ4n) is 6.05. The Morgan fingerprint density at radius 1 is 1.03 bits per heavy atom. The highest BCUT2D eigenvalue weighted by molar-refractivity contribution is 7.13. The van der Waals surface area contributed by atoms with Crippen molar-refractivity contribution in [3.05, 3.63) is 29.5 Å². The van der Waals surface area contributed by atoms with Crippen LogP contribution in [0.15, 0.2) is 12.4 Å². The molecule has 3 fully saturated rings. The number of aliphatic hydroxyl groups excluding tert-OH is 1. The van der Waals surface area contributed by atoms with E-state index >= 15 is 0 Å². The van der Waals surface area contributed by atoms with Crippen molar-refractivity contribution >= 4 is 27.6 Å². The van der Waals surface area contributed by atoms with Crippen molar-refractivity contribution in [3.63, 3.8) is 0 Å². The number of hydrogen-bond donors (Lipinski definition) is 2. The Labute approximate surface area is 216 Å². The molecule has 1 saturated carbocycles. The molecule has 194 valence electrons. The van der Waals surface area contributed by atoms with Crippen LogP contribution in [-0.2, 0) is 11.2 Å². The third-order valence-corrected chi connectivity index (χ3v) is 9.02. The molecule has 0 aromatic carbocycles. The van der Waals surface area contributed by atoms with E-state index in [4.69, 9.17) is 14.7 Å². The van der Waals surface area contributed by atoms with E-state index in [-0.39, 0.29) is 6.10 Å². The Hall–Kier alpha value is -2.14. The van der Waals surface area contributed by atoms with Gasteiger partial charge in [-0.15, -0.1) is 0 Å². The van der Waals surface area contributed by atoms with Crippen molar-refractivity contribution < 1.29 is 9.84 Å². The highest BCUT2D eigenvalue weighted by Gasteiger charge is 2.29. The topological polar surface area (TPSA) is 101 Å². The number of aromatic nitrogens is 5. The predicted octanol–water partition coefficient (Wildman–Crippen LogP) is 3.71. The molecule has 36 heavy (non-hydrogen) atoms. The van der Waals surface area contributed by atoms with E-state index in [1.54, 1.807) is 0 Å². The van der Waals surface area contributed by atoms with Gasteiger partial charge in [0, 0.05) is 51.0 Å². The van der Waals surface area contributed by atoms with E-state index in [9.17, 15) is 5.11 Å².